The Balaban J connectivity index is 4.01. The van der Waals surface area contributed by atoms with Crippen molar-refractivity contribution in [1.29, 1.82) is 0 Å². The van der Waals surface area contributed by atoms with Crippen LogP contribution in [0.15, 0.2) is 0 Å². The minimum Gasteiger partial charge on any atom is -0.323 e. The van der Waals surface area contributed by atoms with E-state index >= 15 is 0 Å². The van der Waals surface area contributed by atoms with E-state index in [1.807, 2.05) is 6.92 Å². The molecule has 0 aliphatic rings. The van der Waals surface area contributed by atoms with Crippen molar-refractivity contribution in [2.75, 3.05) is 0 Å². The summed E-state index contributed by atoms with van der Waals surface area (Å²) in [6, 6.07) is 1.03. The van der Waals surface area contributed by atoms with E-state index in [1.165, 1.54) is 0 Å². The normalized spacial score (nSPS) is 13.3. The first-order chi connectivity index (χ1) is 3.89. The van der Waals surface area contributed by atoms with Crippen LogP contribution in [0, 0.1) is 17.4 Å². The molecule has 0 saturated carbocycles. The summed E-state index contributed by atoms with van der Waals surface area (Å²) in [4.78, 5) is 0. The average Bonchev–Trinajstić information content (AvgIpc) is 1.65. The Bertz CT molecular complexity index is 72.6. The van der Waals surface area contributed by atoms with Crippen molar-refractivity contribution in [3.05, 3.63) is 6.04 Å². The third-order valence-corrected chi connectivity index (χ3v) is 2.46. The van der Waals surface area contributed by atoms with E-state index < -0.39 is 0 Å². The highest BCUT2D eigenvalue weighted by molar-refractivity contribution is 4.94. The lowest BCUT2D eigenvalue weighted by Gasteiger charge is -2.32. The molecule has 1 nitrogen and oxygen atoms in total. The fraction of sp³-hybridized carbons (Fsp3) is 0.875. The Hall–Kier alpha value is -0.0400. The van der Waals surface area contributed by atoms with Crippen molar-refractivity contribution in [2.24, 2.45) is 17.1 Å². The molecule has 0 rings (SSSR count). The Labute approximate surface area is 58.6 Å². The Morgan fingerprint density at radius 2 is 1.67 bits per heavy atom. The van der Waals surface area contributed by atoms with Crippen molar-refractivity contribution in [3.63, 3.8) is 0 Å². The van der Waals surface area contributed by atoms with E-state index in [0.29, 0.717) is 5.92 Å². The van der Waals surface area contributed by atoms with Gasteiger partial charge in [0.25, 0.3) is 0 Å². The summed E-state index contributed by atoms with van der Waals surface area (Å²) in [5.74, 6) is 0.627. The monoisotopic (exact) mass is 128 g/mol. The summed E-state index contributed by atoms with van der Waals surface area (Å²) >= 11 is 0. The number of nitrogens with two attached hydrogens (primary N) is 1. The molecule has 0 amide bonds. The predicted octanol–water partition coefficient (Wildman–Crippen LogP) is 2.18. The van der Waals surface area contributed by atoms with Gasteiger partial charge in [0, 0.05) is 6.04 Å². The van der Waals surface area contributed by atoms with Gasteiger partial charge in [-0.3, -0.25) is 0 Å². The summed E-state index contributed by atoms with van der Waals surface area (Å²) in [5.41, 5.74) is 5.88. The summed E-state index contributed by atoms with van der Waals surface area (Å²) in [7, 11) is 0. The van der Waals surface area contributed by atoms with E-state index in [2.05, 4.69) is 27.7 Å². The number of rotatable bonds is 2. The molecule has 0 fully saturated rings. The molecule has 1 heteroatoms. The molecule has 0 aromatic heterocycles. The van der Waals surface area contributed by atoms with Crippen molar-refractivity contribution < 1.29 is 0 Å². The predicted molar refractivity (Wildman–Crippen MR) is 41.7 cm³/mol. The third kappa shape index (κ3) is 1.98. The number of hydrogen-bond donors (Lipinski definition) is 1. The zero-order valence-corrected chi connectivity index (χ0v) is 7.15. The van der Waals surface area contributed by atoms with Crippen molar-refractivity contribution in [2.45, 2.75) is 34.6 Å². The number of hydrogen-bond acceptors (Lipinski definition) is 1. The molecule has 0 spiro atoms. The van der Waals surface area contributed by atoms with E-state index in [9.17, 15) is 0 Å². The van der Waals surface area contributed by atoms with Gasteiger partial charge in [0.05, 0.1) is 0 Å². The molecule has 1 radical (unpaired) electrons. The second-order valence-corrected chi connectivity index (χ2v) is 3.56. The lowest BCUT2D eigenvalue weighted by atomic mass is 9.76. The first-order valence-corrected chi connectivity index (χ1v) is 3.48. The standard InChI is InChI=1S/C8H18N/c1-6(2)8(4,5)7(3)9/h6H,9H2,1-5H3. The summed E-state index contributed by atoms with van der Waals surface area (Å²) in [5, 5.41) is 0. The van der Waals surface area contributed by atoms with Gasteiger partial charge in [-0.25, -0.2) is 0 Å². The van der Waals surface area contributed by atoms with Crippen molar-refractivity contribution >= 4 is 0 Å². The van der Waals surface area contributed by atoms with Crippen LogP contribution in [0.25, 0.3) is 0 Å². The van der Waals surface area contributed by atoms with E-state index in [4.69, 9.17) is 5.73 Å². The maximum absolute atomic E-state index is 5.69. The molecule has 0 aromatic rings. The third-order valence-electron chi connectivity index (χ3n) is 2.46. The molecular weight excluding hydrogens is 110 g/mol. The fourth-order valence-electron chi connectivity index (χ4n) is 0.455. The van der Waals surface area contributed by atoms with Crippen LogP contribution in [0.3, 0.4) is 0 Å². The molecule has 0 heterocycles. The summed E-state index contributed by atoms with van der Waals surface area (Å²) < 4.78 is 0. The van der Waals surface area contributed by atoms with Crippen LogP contribution in [-0.4, -0.2) is 0 Å². The average molecular weight is 128 g/mol. The maximum atomic E-state index is 5.69. The highest BCUT2D eigenvalue weighted by Crippen LogP contribution is 2.32. The lowest BCUT2D eigenvalue weighted by molar-refractivity contribution is 0.265. The largest absolute Gasteiger partial charge is 0.323 e. The fourth-order valence-corrected chi connectivity index (χ4v) is 0.455. The maximum Gasteiger partial charge on any atom is 0.0365 e. The molecule has 0 unspecified atom stereocenters. The molecule has 0 aliphatic carbocycles. The smallest absolute Gasteiger partial charge is 0.0365 e. The molecule has 55 valence electrons. The molecule has 0 aliphatic heterocycles. The van der Waals surface area contributed by atoms with Gasteiger partial charge in [-0.2, -0.15) is 0 Å². The molecule has 0 bridgehead atoms. The Morgan fingerprint density at radius 3 is 1.67 bits per heavy atom. The van der Waals surface area contributed by atoms with Crippen molar-refractivity contribution in [1.82, 2.24) is 0 Å². The SMILES string of the molecule is C[C](N)C(C)(C)C(C)C. The minimum atomic E-state index is 0.194. The van der Waals surface area contributed by atoms with Crippen LogP contribution in [0.1, 0.15) is 34.6 Å². The summed E-state index contributed by atoms with van der Waals surface area (Å²) in [6.45, 7) is 10.7. The van der Waals surface area contributed by atoms with Gasteiger partial charge in [0.15, 0.2) is 0 Å². The van der Waals surface area contributed by atoms with Crippen LogP contribution in [0.2, 0.25) is 0 Å². The Kier molecular flexibility index (Phi) is 2.68. The first kappa shape index (κ1) is 8.96. The first-order valence-electron chi connectivity index (χ1n) is 3.48. The highest BCUT2D eigenvalue weighted by Gasteiger charge is 2.26. The second kappa shape index (κ2) is 2.70. The topological polar surface area (TPSA) is 26.0 Å². The Morgan fingerprint density at radius 1 is 1.33 bits per heavy atom. The lowest BCUT2D eigenvalue weighted by Crippen LogP contribution is -2.31. The van der Waals surface area contributed by atoms with Gasteiger partial charge in [0.1, 0.15) is 0 Å². The van der Waals surface area contributed by atoms with Gasteiger partial charge in [-0.05, 0) is 18.3 Å². The van der Waals surface area contributed by atoms with E-state index in [1.54, 1.807) is 0 Å². The van der Waals surface area contributed by atoms with Crippen LogP contribution in [0.4, 0.5) is 0 Å². The van der Waals surface area contributed by atoms with Crippen LogP contribution < -0.4 is 5.73 Å². The van der Waals surface area contributed by atoms with Crippen LogP contribution >= 0.6 is 0 Å². The van der Waals surface area contributed by atoms with Gasteiger partial charge < -0.3 is 5.73 Å². The molecule has 0 saturated heterocycles. The van der Waals surface area contributed by atoms with Gasteiger partial charge in [0.2, 0.25) is 0 Å². The molecular formula is C8H18N. The van der Waals surface area contributed by atoms with Gasteiger partial charge in [-0.1, -0.05) is 27.7 Å². The molecule has 9 heavy (non-hydrogen) atoms. The molecule has 0 aromatic carbocycles. The minimum absolute atomic E-state index is 0.194. The quantitative estimate of drug-likeness (QED) is 0.606. The van der Waals surface area contributed by atoms with Gasteiger partial charge in [-0.15, -0.1) is 0 Å². The van der Waals surface area contributed by atoms with Crippen molar-refractivity contribution in [3.8, 4) is 0 Å². The molecule has 0 atom stereocenters. The van der Waals surface area contributed by atoms with E-state index in [0.717, 1.165) is 6.04 Å². The van der Waals surface area contributed by atoms with Crippen LogP contribution in [0.5, 0.6) is 0 Å². The van der Waals surface area contributed by atoms with Gasteiger partial charge >= 0.3 is 0 Å². The van der Waals surface area contributed by atoms with Crippen LogP contribution in [-0.2, 0) is 0 Å². The zero-order chi connectivity index (χ0) is 7.65. The second-order valence-electron chi connectivity index (χ2n) is 3.56. The van der Waals surface area contributed by atoms with E-state index in [-0.39, 0.29) is 5.41 Å². The zero-order valence-electron chi connectivity index (χ0n) is 7.15. The molecule has 2 N–H and O–H groups in total. The summed E-state index contributed by atoms with van der Waals surface area (Å²) in [6.07, 6.45) is 0. The highest BCUT2D eigenvalue weighted by atomic mass is 14.7.